The Labute approximate surface area is 127 Å². The first-order valence-electron chi connectivity index (χ1n) is 7.19. The Morgan fingerprint density at radius 2 is 2.14 bits per heavy atom. The molecule has 114 valence electrons. The van der Waals surface area contributed by atoms with Crippen LogP contribution in [-0.2, 0) is 4.74 Å². The van der Waals surface area contributed by atoms with E-state index in [9.17, 15) is 9.59 Å². The van der Waals surface area contributed by atoms with E-state index in [0.29, 0.717) is 16.1 Å². The molecule has 7 heteroatoms. The third kappa shape index (κ3) is 3.08. The molecule has 0 spiro atoms. The molecular weight excluding hydrogens is 290 g/mol. The molecule has 1 aliphatic heterocycles. The lowest BCUT2D eigenvalue weighted by Crippen LogP contribution is -2.27. The quantitative estimate of drug-likeness (QED) is 0.660. The maximum absolute atomic E-state index is 11.7. The van der Waals surface area contributed by atoms with Gasteiger partial charge in [-0.25, -0.2) is 9.78 Å². The summed E-state index contributed by atoms with van der Waals surface area (Å²) in [6.07, 6.45) is 3.69. The van der Waals surface area contributed by atoms with Gasteiger partial charge in [0.25, 0.3) is 0 Å². The largest absolute Gasteiger partial charge is 0.464 e. The molecule has 0 radical (unpaired) electrons. The summed E-state index contributed by atoms with van der Waals surface area (Å²) in [7, 11) is 1.29. The number of rotatable bonds is 5. The Morgan fingerprint density at radius 1 is 1.38 bits per heavy atom. The van der Waals surface area contributed by atoms with Crippen molar-refractivity contribution in [3.8, 4) is 0 Å². The van der Waals surface area contributed by atoms with Crippen molar-refractivity contribution in [3.05, 3.63) is 10.6 Å². The highest BCUT2D eigenvalue weighted by Gasteiger charge is 2.34. The highest BCUT2D eigenvalue weighted by molar-refractivity contribution is 7.17. The topological polar surface area (TPSA) is 71.5 Å². The number of thiazole rings is 1. The van der Waals surface area contributed by atoms with E-state index in [0.717, 1.165) is 25.6 Å². The van der Waals surface area contributed by atoms with E-state index in [1.54, 1.807) is 0 Å². The minimum atomic E-state index is -0.560. The van der Waals surface area contributed by atoms with Gasteiger partial charge in [-0.15, -0.1) is 0 Å². The predicted molar refractivity (Wildman–Crippen MR) is 80.1 cm³/mol. The summed E-state index contributed by atoms with van der Waals surface area (Å²) in [5.41, 5.74) is 0.120. The number of nitrogens with one attached hydrogen (secondary N) is 1. The molecule has 1 unspecified atom stereocenters. The number of carbonyl (C=O) groups is 2. The Balaban J connectivity index is 1.70. The monoisotopic (exact) mass is 309 g/mol. The lowest BCUT2D eigenvalue weighted by atomic mass is 10.3. The van der Waals surface area contributed by atoms with Crippen molar-refractivity contribution in [2.24, 2.45) is 0 Å². The number of methoxy groups -OCH3 is 1. The molecule has 0 aromatic carbocycles. The Bertz CT molecular complexity index is 568. The Kier molecular flexibility index (Phi) is 3.95. The lowest BCUT2D eigenvalue weighted by Gasteiger charge is -2.15. The SMILES string of the molecule is COC(=O)c1nc(NC2CCN(C3CC3)C2)sc1C(C)=O. The van der Waals surface area contributed by atoms with Gasteiger partial charge < -0.3 is 10.1 Å². The van der Waals surface area contributed by atoms with Crippen LogP contribution in [0.25, 0.3) is 0 Å². The van der Waals surface area contributed by atoms with Gasteiger partial charge in [-0.1, -0.05) is 11.3 Å². The fraction of sp³-hybridized carbons (Fsp3) is 0.643. The van der Waals surface area contributed by atoms with Gasteiger partial charge in [-0.3, -0.25) is 9.69 Å². The van der Waals surface area contributed by atoms with E-state index in [4.69, 9.17) is 0 Å². The predicted octanol–water partition coefficient (Wildman–Crippen LogP) is 1.78. The second-order valence-electron chi connectivity index (χ2n) is 5.60. The van der Waals surface area contributed by atoms with E-state index in [-0.39, 0.29) is 11.5 Å². The van der Waals surface area contributed by atoms with Crippen LogP contribution >= 0.6 is 11.3 Å². The smallest absolute Gasteiger partial charge is 0.358 e. The molecule has 1 saturated carbocycles. The lowest BCUT2D eigenvalue weighted by molar-refractivity contribution is 0.0591. The molecule has 1 saturated heterocycles. The van der Waals surface area contributed by atoms with Gasteiger partial charge in [0.15, 0.2) is 16.6 Å². The number of likely N-dealkylation sites (tertiary alicyclic amines) is 1. The number of carbonyl (C=O) groups excluding carboxylic acids is 2. The zero-order valence-electron chi connectivity index (χ0n) is 12.2. The molecule has 1 atom stereocenters. The maximum atomic E-state index is 11.7. The average Bonchev–Trinajstić information content (AvgIpc) is 3.06. The molecule has 2 heterocycles. The van der Waals surface area contributed by atoms with Crippen LogP contribution in [0.4, 0.5) is 5.13 Å². The summed E-state index contributed by atoms with van der Waals surface area (Å²) < 4.78 is 4.68. The van der Waals surface area contributed by atoms with Crippen molar-refractivity contribution in [3.63, 3.8) is 0 Å². The standard InChI is InChI=1S/C14H19N3O3S/c1-8(18)12-11(13(19)20-2)16-14(21-12)15-9-5-6-17(7-9)10-3-4-10/h9-10H,3-7H2,1-2H3,(H,15,16). The van der Waals surface area contributed by atoms with Crippen molar-refractivity contribution in [2.75, 3.05) is 25.5 Å². The molecule has 1 aliphatic carbocycles. The Hall–Kier alpha value is -1.47. The number of aromatic nitrogens is 1. The summed E-state index contributed by atoms with van der Waals surface area (Å²) in [4.78, 5) is 30.4. The summed E-state index contributed by atoms with van der Waals surface area (Å²) in [5.74, 6) is -0.720. The number of esters is 1. The highest BCUT2D eigenvalue weighted by Crippen LogP contribution is 2.31. The van der Waals surface area contributed by atoms with Crippen LogP contribution in [0.3, 0.4) is 0 Å². The van der Waals surface area contributed by atoms with Crippen LogP contribution in [0.1, 0.15) is 46.3 Å². The maximum Gasteiger partial charge on any atom is 0.358 e. The zero-order valence-corrected chi connectivity index (χ0v) is 13.0. The minimum Gasteiger partial charge on any atom is -0.464 e. The fourth-order valence-electron chi connectivity index (χ4n) is 2.71. The number of ether oxygens (including phenoxy) is 1. The summed E-state index contributed by atoms with van der Waals surface area (Å²) in [6.45, 7) is 3.55. The van der Waals surface area contributed by atoms with E-state index >= 15 is 0 Å². The summed E-state index contributed by atoms with van der Waals surface area (Å²) in [6, 6.07) is 1.11. The van der Waals surface area contributed by atoms with Crippen molar-refractivity contribution < 1.29 is 14.3 Å². The number of ketones is 1. The number of nitrogens with zero attached hydrogens (tertiary/aromatic N) is 2. The van der Waals surface area contributed by atoms with Gasteiger partial charge in [-0.2, -0.15) is 0 Å². The Morgan fingerprint density at radius 3 is 2.76 bits per heavy atom. The van der Waals surface area contributed by atoms with Crippen molar-refractivity contribution in [1.29, 1.82) is 0 Å². The van der Waals surface area contributed by atoms with Crippen LogP contribution in [-0.4, -0.2) is 53.9 Å². The summed E-state index contributed by atoms with van der Waals surface area (Å²) >= 11 is 1.23. The van der Waals surface area contributed by atoms with Crippen LogP contribution in [0.5, 0.6) is 0 Å². The fourth-order valence-corrected chi connectivity index (χ4v) is 3.63. The van der Waals surface area contributed by atoms with Crippen molar-refractivity contribution >= 4 is 28.2 Å². The number of hydrogen-bond donors (Lipinski definition) is 1. The average molecular weight is 309 g/mol. The second-order valence-corrected chi connectivity index (χ2v) is 6.60. The zero-order chi connectivity index (χ0) is 15.0. The molecule has 1 N–H and O–H groups in total. The molecule has 3 rings (SSSR count). The van der Waals surface area contributed by atoms with Gasteiger partial charge in [0, 0.05) is 32.1 Å². The van der Waals surface area contributed by atoms with E-state index in [1.807, 2.05) is 0 Å². The number of Topliss-reactive ketones (excluding diaryl/α,β-unsaturated/α-hetero) is 1. The van der Waals surface area contributed by atoms with Crippen LogP contribution < -0.4 is 5.32 Å². The van der Waals surface area contributed by atoms with Crippen LogP contribution in [0.15, 0.2) is 0 Å². The molecule has 0 bridgehead atoms. The van der Waals surface area contributed by atoms with Gasteiger partial charge in [0.05, 0.1) is 7.11 Å². The third-order valence-corrected chi connectivity index (χ3v) is 5.02. The third-order valence-electron chi connectivity index (χ3n) is 3.94. The first-order valence-corrected chi connectivity index (χ1v) is 8.00. The first kappa shape index (κ1) is 14.5. The molecule has 6 nitrogen and oxygen atoms in total. The van der Waals surface area contributed by atoms with Gasteiger partial charge in [0.1, 0.15) is 4.88 Å². The number of hydrogen-bond acceptors (Lipinski definition) is 7. The molecular formula is C14H19N3O3S. The molecule has 21 heavy (non-hydrogen) atoms. The summed E-state index contributed by atoms with van der Waals surface area (Å²) in [5, 5.41) is 3.98. The van der Waals surface area contributed by atoms with E-state index in [2.05, 4.69) is 19.9 Å². The second kappa shape index (κ2) is 5.73. The van der Waals surface area contributed by atoms with Crippen molar-refractivity contribution in [1.82, 2.24) is 9.88 Å². The number of anilines is 1. The normalized spacial score (nSPS) is 22.3. The van der Waals surface area contributed by atoms with Crippen LogP contribution in [0, 0.1) is 0 Å². The first-order chi connectivity index (χ1) is 10.1. The minimum absolute atomic E-state index is 0.120. The van der Waals surface area contributed by atoms with Gasteiger partial charge in [0.2, 0.25) is 0 Å². The van der Waals surface area contributed by atoms with Gasteiger partial charge >= 0.3 is 5.97 Å². The van der Waals surface area contributed by atoms with Crippen molar-refractivity contribution in [2.45, 2.75) is 38.3 Å². The highest BCUT2D eigenvalue weighted by atomic mass is 32.1. The molecule has 2 fully saturated rings. The molecule has 1 aromatic heterocycles. The van der Waals surface area contributed by atoms with Gasteiger partial charge in [-0.05, 0) is 19.3 Å². The van der Waals surface area contributed by atoms with Crippen LogP contribution in [0.2, 0.25) is 0 Å². The van der Waals surface area contributed by atoms with E-state index < -0.39 is 5.97 Å². The molecule has 2 aliphatic rings. The molecule has 0 amide bonds. The van der Waals surface area contributed by atoms with E-state index in [1.165, 1.54) is 38.2 Å². The molecule has 1 aromatic rings.